The SMILES string of the molecule is Cc1cccc(NC(=O)N2C[C@@H]3C[C@@](O)(Cc4ccccc4)C[C@@H]3C2)c1. The summed E-state index contributed by atoms with van der Waals surface area (Å²) in [7, 11) is 0. The summed E-state index contributed by atoms with van der Waals surface area (Å²) in [5, 5.41) is 14.0. The van der Waals surface area contributed by atoms with Gasteiger partial charge in [-0.05, 0) is 54.9 Å². The summed E-state index contributed by atoms with van der Waals surface area (Å²) in [6.45, 7) is 3.49. The van der Waals surface area contributed by atoms with Crippen molar-refractivity contribution in [3.63, 3.8) is 0 Å². The molecule has 0 aromatic heterocycles. The van der Waals surface area contributed by atoms with E-state index in [9.17, 15) is 9.90 Å². The van der Waals surface area contributed by atoms with Crippen LogP contribution in [0, 0.1) is 18.8 Å². The Balaban J connectivity index is 1.35. The molecular formula is C22H26N2O2. The molecule has 2 amide bonds. The van der Waals surface area contributed by atoms with Crippen LogP contribution in [0.15, 0.2) is 54.6 Å². The Morgan fingerprint density at radius 3 is 2.46 bits per heavy atom. The van der Waals surface area contributed by atoms with Crippen molar-refractivity contribution in [1.82, 2.24) is 4.90 Å². The van der Waals surface area contributed by atoms with Crippen molar-refractivity contribution < 1.29 is 9.90 Å². The molecule has 1 saturated heterocycles. The minimum Gasteiger partial charge on any atom is -0.390 e. The summed E-state index contributed by atoms with van der Waals surface area (Å²) in [5.41, 5.74) is 2.53. The number of carbonyl (C=O) groups excluding carboxylic acids is 1. The second-order valence-electron chi connectivity index (χ2n) is 8.02. The van der Waals surface area contributed by atoms with E-state index in [-0.39, 0.29) is 6.03 Å². The van der Waals surface area contributed by atoms with Gasteiger partial charge in [-0.2, -0.15) is 0 Å². The number of fused-ring (bicyclic) bond motifs is 1. The van der Waals surface area contributed by atoms with Gasteiger partial charge in [-0.3, -0.25) is 0 Å². The number of nitrogens with one attached hydrogen (secondary N) is 1. The molecule has 4 rings (SSSR count). The second-order valence-corrected chi connectivity index (χ2v) is 8.02. The van der Waals surface area contributed by atoms with E-state index >= 15 is 0 Å². The highest BCUT2D eigenvalue weighted by Gasteiger charge is 2.49. The van der Waals surface area contributed by atoms with Crippen molar-refractivity contribution in [2.75, 3.05) is 18.4 Å². The summed E-state index contributed by atoms with van der Waals surface area (Å²) in [5.74, 6) is 0.791. The van der Waals surface area contributed by atoms with E-state index in [1.54, 1.807) is 0 Å². The molecule has 136 valence electrons. The van der Waals surface area contributed by atoms with Crippen molar-refractivity contribution in [1.29, 1.82) is 0 Å². The van der Waals surface area contributed by atoms with Crippen LogP contribution >= 0.6 is 0 Å². The van der Waals surface area contributed by atoms with Crippen molar-refractivity contribution in [2.45, 2.75) is 31.8 Å². The Morgan fingerprint density at radius 2 is 1.81 bits per heavy atom. The fraction of sp³-hybridized carbons (Fsp3) is 0.409. The molecule has 2 N–H and O–H groups in total. The molecule has 1 saturated carbocycles. The van der Waals surface area contributed by atoms with Crippen LogP contribution in [0.2, 0.25) is 0 Å². The van der Waals surface area contributed by atoms with Crippen LogP contribution in [-0.2, 0) is 6.42 Å². The fourth-order valence-corrected chi connectivity index (χ4v) is 4.67. The van der Waals surface area contributed by atoms with Crippen LogP contribution in [0.25, 0.3) is 0 Å². The molecule has 26 heavy (non-hydrogen) atoms. The highest BCUT2D eigenvalue weighted by Crippen LogP contribution is 2.45. The van der Waals surface area contributed by atoms with Gasteiger partial charge in [-0.1, -0.05) is 42.5 Å². The Bertz CT molecular complexity index is 776. The fourth-order valence-electron chi connectivity index (χ4n) is 4.67. The number of aliphatic hydroxyl groups is 1. The summed E-state index contributed by atoms with van der Waals surface area (Å²) in [4.78, 5) is 14.5. The highest BCUT2D eigenvalue weighted by molar-refractivity contribution is 5.89. The molecule has 2 aromatic rings. The zero-order valence-corrected chi connectivity index (χ0v) is 15.2. The van der Waals surface area contributed by atoms with E-state index in [1.165, 1.54) is 5.56 Å². The zero-order valence-electron chi connectivity index (χ0n) is 15.2. The predicted molar refractivity (Wildman–Crippen MR) is 103 cm³/mol. The first-order valence-electron chi connectivity index (χ1n) is 9.40. The molecule has 1 aliphatic carbocycles. The molecule has 3 atom stereocenters. The summed E-state index contributed by atoms with van der Waals surface area (Å²) >= 11 is 0. The molecular weight excluding hydrogens is 324 g/mol. The van der Waals surface area contributed by atoms with Crippen LogP contribution in [0.4, 0.5) is 10.5 Å². The first kappa shape index (κ1) is 17.1. The standard InChI is InChI=1S/C22H26N2O2/c1-16-6-5-9-20(10-16)23-21(25)24-14-18-12-22(26,13-19(18)15-24)11-17-7-3-2-4-8-17/h2-10,18-19,26H,11-15H2,1H3,(H,23,25)/t18-,19+,22-. The minimum atomic E-state index is -0.629. The maximum absolute atomic E-state index is 12.6. The predicted octanol–water partition coefficient (Wildman–Crippen LogP) is 3.84. The van der Waals surface area contributed by atoms with Crippen LogP contribution in [0.5, 0.6) is 0 Å². The highest BCUT2D eigenvalue weighted by atomic mass is 16.3. The first-order valence-corrected chi connectivity index (χ1v) is 9.40. The van der Waals surface area contributed by atoms with E-state index in [0.29, 0.717) is 18.3 Å². The first-order chi connectivity index (χ1) is 12.5. The normalized spacial score (nSPS) is 27.4. The molecule has 0 spiro atoms. The van der Waals surface area contributed by atoms with Crippen molar-refractivity contribution >= 4 is 11.7 Å². The Kier molecular flexibility index (Phi) is 4.45. The van der Waals surface area contributed by atoms with Crippen molar-refractivity contribution in [2.24, 2.45) is 11.8 Å². The molecule has 0 unspecified atom stereocenters. The molecule has 0 bridgehead atoms. The number of rotatable bonds is 3. The van der Waals surface area contributed by atoms with E-state index in [2.05, 4.69) is 17.4 Å². The lowest BCUT2D eigenvalue weighted by atomic mass is 9.91. The quantitative estimate of drug-likeness (QED) is 0.884. The second kappa shape index (κ2) is 6.76. The topological polar surface area (TPSA) is 52.6 Å². The summed E-state index contributed by atoms with van der Waals surface area (Å²) in [6, 6.07) is 18.0. The lowest BCUT2D eigenvalue weighted by Gasteiger charge is -2.26. The molecule has 2 aromatic carbocycles. The lowest BCUT2D eigenvalue weighted by molar-refractivity contribution is 0.0368. The Hall–Kier alpha value is -2.33. The maximum atomic E-state index is 12.6. The third kappa shape index (κ3) is 3.61. The zero-order chi connectivity index (χ0) is 18.1. The molecule has 2 fully saturated rings. The average Bonchev–Trinajstić information content (AvgIpc) is 3.10. The molecule has 1 aliphatic heterocycles. The van der Waals surface area contributed by atoms with Gasteiger partial charge in [-0.25, -0.2) is 4.79 Å². The van der Waals surface area contributed by atoms with Gasteiger partial charge in [0, 0.05) is 25.2 Å². The Labute approximate surface area is 154 Å². The van der Waals surface area contributed by atoms with Crippen LogP contribution in [-0.4, -0.2) is 34.7 Å². The van der Waals surface area contributed by atoms with Gasteiger partial charge in [0.25, 0.3) is 0 Å². The van der Waals surface area contributed by atoms with Gasteiger partial charge in [0.2, 0.25) is 0 Å². The number of hydrogen-bond acceptors (Lipinski definition) is 2. The van der Waals surface area contributed by atoms with E-state index in [0.717, 1.165) is 37.2 Å². The number of benzene rings is 2. The van der Waals surface area contributed by atoms with Crippen molar-refractivity contribution in [3.8, 4) is 0 Å². The van der Waals surface area contributed by atoms with E-state index < -0.39 is 5.60 Å². The van der Waals surface area contributed by atoms with Crippen molar-refractivity contribution in [3.05, 3.63) is 65.7 Å². The number of nitrogens with zero attached hydrogens (tertiary/aromatic N) is 1. The number of aryl methyl sites for hydroxylation is 1. The van der Waals surface area contributed by atoms with Gasteiger partial charge in [-0.15, -0.1) is 0 Å². The van der Waals surface area contributed by atoms with Crippen LogP contribution in [0.3, 0.4) is 0 Å². The molecule has 4 heteroatoms. The number of amides is 2. The lowest BCUT2D eigenvalue weighted by Crippen LogP contribution is -2.36. The number of likely N-dealkylation sites (tertiary alicyclic amines) is 1. The smallest absolute Gasteiger partial charge is 0.321 e. The van der Waals surface area contributed by atoms with Gasteiger partial charge < -0.3 is 15.3 Å². The molecule has 1 heterocycles. The summed E-state index contributed by atoms with van der Waals surface area (Å²) < 4.78 is 0. The largest absolute Gasteiger partial charge is 0.390 e. The number of anilines is 1. The Morgan fingerprint density at radius 1 is 1.12 bits per heavy atom. The minimum absolute atomic E-state index is 0.0309. The molecule has 0 radical (unpaired) electrons. The number of carbonyl (C=O) groups is 1. The van der Waals surface area contributed by atoms with Crippen LogP contribution < -0.4 is 5.32 Å². The third-order valence-electron chi connectivity index (χ3n) is 5.79. The van der Waals surface area contributed by atoms with Gasteiger partial charge >= 0.3 is 6.03 Å². The van der Waals surface area contributed by atoms with E-state index in [1.807, 2.05) is 54.3 Å². The van der Waals surface area contributed by atoms with Gasteiger partial charge in [0.15, 0.2) is 0 Å². The monoisotopic (exact) mass is 350 g/mol. The van der Waals surface area contributed by atoms with E-state index in [4.69, 9.17) is 0 Å². The number of hydrogen-bond donors (Lipinski definition) is 2. The van der Waals surface area contributed by atoms with Gasteiger partial charge in [0.1, 0.15) is 0 Å². The van der Waals surface area contributed by atoms with Crippen LogP contribution in [0.1, 0.15) is 24.0 Å². The third-order valence-corrected chi connectivity index (χ3v) is 5.79. The number of urea groups is 1. The summed E-state index contributed by atoms with van der Waals surface area (Å²) in [6.07, 6.45) is 2.26. The molecule has 4 nitrogen and oxygen atoms in total. The molecule has 2 aliphatic rings. The van der Waals surface area contributed by atoms with Gasteiger partial charge in [0.05, 0.1) is 5.60 Å². The maximum Gasteiger partial charge on any atom is 0.321 e. The average molecular weight is 350 g/mol.